The molecule has 1 fully saturated rings. The summed E-state index contributed by atoms with van der Waals surface area (Å²) in [6.07, 6.45) is 0. The summed E-state index contributed by atoms with van der Waals surface area (Å²) in [7, 11) is 0. The third-order valence-corrected chi connectivity index (χ3v) is 5.64. The monoisotopic (exact) mass is 331 g/mol. The van der Waals surface area contributed by atoms with Crippen molar-refractivity contribution in [3.8, 4) is 10.6 Å². The normalized spacial score (nSPS) is 18.0. The van der Waals surface area contributed by atoms with Crippen LogP contribution in [0.15, 0.2) is 21.3 Å². The minimum Gasteiger partial charge on any atom is -0.395 e. The van der Waals surface area contributed by atoms with Crippen LogP contribution in [0.5, 0.6) is 0 Å². The smallest absolute Gasteiger partial charge is 0.106 e. The highest BCUT2D eigenvalue weighted by atomic mass is 79.9. The van der Waals surface area contributed by atoms with Crippen LogP contribution in [-0.4, -0.2) is 29.9 Å². The Morgan fingerprint density at radius 3 is 2.76 bits per heavy atom. The topological polar surface area (TPSA) is 42.4 Å². The number of halogens is 1. The fourth-order valence-corrected chi connectivity index (χ4v) is 4.16. The van der Waals surface area contributed by atoms with Crippen molar-refractivity contribution in [1.82, 2.24) is 4.98 Å². The summed E-state index contributed by atoms with van der Waals surface area (Å²) < 4.78 is 6.28. The lowest BCUT2D eigenvalue weighted by molar-refractivity contribution is -0.0841. The third-order valence-electron chi connectivity index (χ3n) is 2.84. The molecule has 2 aromatic rings. The van der Waals surface area contributed by atoms with Gasteiger partial charge in [-0.15, -0.1) is 22.7 Å². The minimum atomic E-state index is -0.253. The lowest BCUT2D eigenvalue weighted by Gasteiger charge is -2.37. The van der Waals surface area contributed by atoms with Crippen LogP contribution in [0.2, 0.25) is 0 Å². The standard InChI is InChI=1S/C11H10BrNO2S2/c12-7-1-9(16-2-7)8-3-17-10(13-8)11(4-14)5-15-6-11/h1-3,14H,4-6H2. The van der Waals surface area contributed by atoms with Gasteiger partial charge in [0.25, 0.3) is 0 Å². The Morgan fingerprint density at radius 2 is 2.24 bits per heavy atom. The highest BCUT2D eigenvalue weighted by molar-refractivity contribution is 9.10. The van der Waals surface area contributed by atoms with E-state index < -0.39 is 0 Å². The molecule has 1 saturated heterocycles. The maximum Gasteiger partial charge on any atom is 0.106 e. The predicted octanol–water partition coefficient (Wildman–Crippen LogP) is 2.89. The number of aromatic nitrogens is 1. The van der Waals surface area contributed by atoms with Crippen molar-refractivity contribution in [2.45, 2.75) is 5.41 Å². The van der Waals surface area contributed by atoms with E-state index in [1.54, 1.807) is 22.7 Å². The van der Waals surface area contributed by atoms with Gasteiger partial charge < -0.3 is 9.84 Å². The van der Waals surface area contributed by atoms with E-state index in [1.807, 2.05) is 10.8 Å². The lowest BCUT2D eigenvalue weighted by Crippen LogP contribution is -2.49. The van der Waals surface area contributed by atoms with Crippen molar-refractivity contribution >= 4 is 38.6 Å². The number of nitrogens with zero attached hydrogens (tertiary/aromatic N) is 1. The number of thiophene rings is 1. The van der Waals surface area contributed by atoms with E-state index >= 15 is 0 Å². The van der Waals surface area contributed by atoms with Crippen LogP contribution < -0.4 is 0 Å². The summed E-state index contributed by atoms with van der Waals surface area (Å²) in [5.41, 5.74) is 0.734. The maximum absolute atomic E-state index is 9.46. The lowest BCUT2D eigenvalue weighted by atomic mass is 9.88. The third kappa shape index (κ3) is 1.98. The van der Waals surface area contributed by atoms with Gasteiger partial charge in [-0.05, 0) is 22.0 Å². The molecule has 3 heterocycles. The first kappa shape index (κ1) is 11.8. The Morgan fingerprint density at radius 1 is 1.41 bits per heavy atom. The molecule has 3 rings (SSSR count). The molecule has 0 amide bonds. The molecule has 6 heteroatoms. The maximum atomic E-state index is 9.46. The van der Waals surface area contributed by atoms with Crippen LogP contribution in [0.1, 0.15) is 5.01 Å². The number of aliphatic hydroxyl groups excluding tert-OH is 1. The molecule has 1 N–H and O–H groups in total. The SMILES string of the molecule is OCC1(c2nc(-c3cc(Br)cs3)cs2)COC1. The van der Waals surface area contributed by atoms with Crippen LogP contribution in [0.4, 0.5) is 0 Å². The number of aliphatic hydroxyl groups is 1. The molecule has 0 unspecified atom stereocenters. The van der Waals surface area contributed by atoms with E-state index in [0.29, 0.717) is 13.2 Å². The second kappa shape index (κ2) is 4.44. The Kier molecular flexibility index (Phi) is 3.08. The zero-order chi connectivity index (χ0) is 11.9. The van der Waals surface area contributed by atoms with Crippen molar-refractivity contribution < 1.29 is 9.84 Å². The van der Waals surface area contributed by atoms with Gasteiger partial charge in [-0.3, -0.25) is 0 Å². The fraction of sp³-hybridized carbons (Fsp3) is 0.364. The highest BCUT2D eigenvalue weighted by Crippen LogP contribution is 2.37. The van der Waals surface area contributed by atoms with Crippen molar-refractivity contribution in [2.24, 2.45) is 0 Å². The van der Waals surface area contributed by atoms with Gasteiger partial charge in [0.15, 0.2) is 0 Å². The quantitative estimate of drug-likeness (QED) is 0.940. The summed E-state index contributed by atoms with van der Waals surface area (Å²) in [5.74, 6) is 0. The van der Waals surface area contributed by atoms with E-state index in [2.05, 4.69) is 27.0 Å². The Labute approximate surface area is 115 Å². The van der Waals surface area contributed by atoms with Crippen LogP contribution in [0.25, 0.3) is 10.6 Å². The van der Waals surface area contributed by atoms with Crippen LogP contribution in [0, 0.1) is 0 Å². The van der Waals surface area contributed by atoms with Crippen molar-refractivity contribution in [3.63, 3.8) is 0 Å². The number of ether oxygens (including phenoxy) is 1. The minimum absolute atomic E-state index is 0.105. The van der Waals surface area contributed by atoms with Crippen molar-refractivity contribution in [3.05, 3.63) is 26.3 Å². The Bertz CT molecular complexity index is 528. The first-order chi connectivity index (χ1) is 8.23. The van der Waals surface area contributed by atoms with Gasteiger partial charge in [-0.2, -0.15) is 0 Å². The molecule has 17 heavy (non-hydrogen) atoms. The number of hydrogen-bond acceptors (Lipinski definition) is 5. The van der Waals surface area contributed by atoms with Gasteiger partial charge in [0.1, 0.15) is 5.01 Å². The summed E-state index contributed by atoms with van der Waals surface area (Å²) in [6, 6.07) is 2.06. The van der Waals surface area contributed by atoms with Gasteiger partial charge in [0.2, 0.25) is 0 Å². The molecule has 0 bridgehead atoms. The van der Waals surface area contributed by atoms with Crippen molar-refractivity contribution in [1.29, 1.82) is 0 Å². The van der Waals surface area contributed by atoms with Gasteiger partial charge in [0, 0.05) is 15.2 Å². The molecule has 1 aliphatic heterocycles. The molecule has 1 aliphatic rings. The van der Waals surface area contributed by atoms with Crippen LogP contribution >= 0.6 is 38.6 Å². The summed E-state index contributed by atoms with van der Waals surface area (Å²) in [6.45, 7) is 1.25. The zero-order valence-corrected chi connectivity index (χ0v) is 12.1. The molecule has 0 spiro atoms. The van der Waals surface area contributed by atoms with E-state index in [-0.39, 0.29) is 12.0 Å². The van der Waals surface area contributed by atoms with Gasteiger partial charge in [-0.25, -0.2) is 4.98 Å². The predicted molar refractivity (Wildman–Crippen MR) is 72.7 cm³/mol. The Hall–Kier alpha value is -0.270. The molecule has 0 radical (unpaired) electrons. The molecule has 0 saturated carbocycles. The first-order valence-corrected chi connectivity index (χ1v) is 7.68. The van der Waals surface area contributed by atoms with Gasteiger partial charge >= 0.3 is 0 Å². The highest BCUT2D eigenvalue weighted by Gasteiger charge is 2.42. The van der Waals surface area contributed by atoms with E-state index in [0.717, 1.165) is 20.1 Å². The Balaban J connectivity index is 1.92. The van der Waals surface area contributed by atoms with Gasteiger partial charge in [0.05, 0.1) is 35.8 Å². The fourth-order valence-electron chi connectivity index (χ4n) is 1.71. The van der Waals surface area contributed by atoms with Gasteiger partial charge in [-0.1, -0.05) is 0 Å². The molecular formula is C11H10BrNO2S2. The largest absolute Gasteiger partial charge is 0.395 e. The number of rotatable bonds is 3. The summed E-state index contributed by atoms with van der Waals surface area (Å²) >= 11 is 6.70. The van der Waals surface area contributed by atoms with Crippen LogP contribution in [-0.2, 0) is 10.2 Å². The van der Waals surface area contributed by atoms with E-state index in [4.69, 9.17) is 4.74 Å². The first-order valence-electron chi connectivity index (χ1n) is 5.12. The molecular weight excluding hydrogens is 322 g/mol. The molecule has 0 aliphatic carbocycles. The second-order valence-electron chi connectivity index (χ2n) is 4.10. The molecule has 0 aromatic carbocycles. The van der Waals surface area contributed by atoms with E-state index in [1.165, 1.54) is 0 Å². The average molecular weight is 332 g/mol. The molecule has 2 aromatic heterocycles. The summed E-state index contributed by atoms with van der Waals surface area (Å²) in [4.78, 5) is 5.77. The molecule has 3 nitrogen and oxygen atoms in total. The van der Waals surface area contributed by atoms with Crippen LogP contribution in [0.3, 0.4) is 0 Å². The zero-order valence-electron chi connectivity index (χ0n) is 8.85. The number of hydrogen-bond donors (Lipinski definition) is 1. The van der Waals surface area contributed by atoms with E-state index in [9.17, 15) is 5.11 Å². The number of thiazole rings is 1. The molecule has 0 atom stereocenters. The summed E-state index contributed by atoms with van der Waals surface area (Å²) in [5, 5.41) is 14.5. The average Bonchev–Trinajstić information content (AvgIpc) is 2.86. The second-order valence-corrected chi connectivity index (χ2v) is 6.78. The molecule has 90 valence electrons. The van der Waals surface area contributed by atoms with Crippen molar-refractivity contribution in [2.75, 3.05) is 19.8 Å².